The van der Waals surface area contributed by atoms with Gasteiger partial charge in [-0.05, 0) is 71.5 Å². The van der Waals surface area contributed by atoms with Crippen molar-refractivity contribution in [3.8, 4) is 11.5 Å². The molecule has 0 fully saturated rings. The number of carbonyl (C=O) groups is 1. The molecular formula is C20H25BrN2O3. The second-order valence-corrected chi connectivity index (χ2v) is 6.55. The highest BCUT2D eigenvalue weighted by molar-refractivity contribution is 9.10. The first-order valence-corrected chi connectivity index (χ1v) is 9.46. The van der Waals surface area contributed by atoms with Crippen molar-refractivity contribution in [2.24, 2.45) is 0 Å². The number of carbonyl (C=O) groups excluding carboxylic acids is 1. The Balaban J connectivity index is 1.93. The molecule has 0 atom stereocenters. The quantitative estimate of drug-likeness (QED) is 0.651. The fourth-order valence-electron chi connectivity index (χ4n) is 2.47. The van der Waals surface area contributed by atoms with E-state index in [1.165, 1.54) is 0 Å². The van der Waals surface area contributed by atoms with Crippen molar-refractivity contribution < 1.29 is 14.3 Å². The van der Waals surface area contributed by atoms with E-state index in [0.29, 0.717) is 28.1 Å². The summed E-state index contributed by atoms with van der Waals surface area (Å²) < 4.78 is 11.6. The number of hydrogen-bond donors (Lipinski definition) is 1. The number of benzene rings is 2. The maximum Gasteiger partial charge on any atom is 0.256 e. The van der Waals surface area contributed by atoms with Crippen LogP contribution in [0.3, 0.4) is 0 Å². The van der Waals surface area contributed by atoms with Gasteiger partial charge in [0.05, 0.1) is 12.7 Å². The Morgan fingerprint density at radius 2 is 1.73 bits per heavy atom. The van der Waals surface area contributed by atoms with Gasteiger partial charge in [-0.15, -0.1) is 0 Å². The largest absolute Gasteiger partial charge is 0.497 e. The summed E-state index contributed by atoms with van der Waals surface area (Å²) in [6.45, 7) is 7.86. The lowest BCUT2D eigenvalue weighted by atomic mass is 10.2. The van der Waals surface area contributed by atoms with Gasteiger partial charge in [-0.1, -0.05) is 13.8 Å². The van der Waals surface area contributed by atoms with Crippen molar-refractivity contribution in [2.45, 2.75) is 13.8 Å². The van der Waals surface area contributed by atoms with Crippen LogP contribution < -0.4 is 14.8 Å². The number of amides is 1. The second-order valence-electron chi connectivity index (χ2n) is 5.70. The highest BCUT2D eigenvalue weighted by atomic mass is 79.9. The average molecular weight is 421 g/mol. The van der Waals surface area contributed by atoms with Crippen molar-refractivity contribution >= 4 is 27.5 Å². The van der Waals surface area contributed by atoms with E-state index in [1.807, 2.05) is 24.3 Å². The summed E-state index contributed by atoms with van der Waals surface area (Å²) in [4.78, 5) is 14.8. The minimum Gasteiger partial charge on any atom is -0.497 e. The third-order valence-electron chi connectivity index (χ3n) is 4.10. The molecule has 0 bridgehead atoms. The summed E-state index contributed by atoms with van der Waals surface area (Å²) in [6.07, 6.45) is 0. The summed E-state index contributed by atoms with van der Waals surface area (Å²) in [5, 5.41) is 2.88. The molecule has 140 valence electrons. The number of nitrogens with one attached hydrogen (secondary N) is 1. The third kappa shape index (κ3) is 5.75. The molecule has 0 aliphatic carbocycles. The Hall–Kier alpha value is -2.05. The second kappa shape index (κ2) is 10.2. The van der Waals surface area contributed by atoms with Gasteiger partial charge >= 0.3 is 0 Å². The van der Waals surface area contributed by atoms with Gasteiger partial charge in [0.2, 0.25) is 0 Å². The molecule has 1 amide bonds. The number of anilines is 1. The van der Waals surface area contributed by atoms with Crippen LogP contribution in [0.5, 0.6) is 11.5 Å². The predicted molar refractivity (Wildman–Crippen MR) is 108 cm³/mol. The lowest BCUT2D eigenvalue weighted by molar-refractivity contribution is 0.102. The number of likely N-dealkylation sites (N-methyl/N-ethyl adjacent to an activating group) is 1. The fraction of sp³-hybridized carbons (Fsp3) is 0.350. The standard InChI is InChI=1S/C20H25BrN2O3/c1-4-23(5-2)12-13-26-16-8-6-15(7-9-16)22-20(24)18-14-17(25-3)10-11-19(18)21/h6-11,14H,4-5,12-13H2,1-3H3,(H,22,24). The molecular weight excluding hydrogens is 396 g/mol. The van der Waals surface area contributed by atoms with Crippen LogP contribution >= 0.6 is 15.9 Å². The van der Waals surface area contributed by atoms with Gasteiger partial charge in [0, 0.05) is 16.7 Å². The highest BCUT2D eigenvalue weighted by Crippen LogP contribution is 2.24. The molecule has 0 radical (unpaired) electrons. The molecule has 0 aliphatic heterocycles. The number of ether oxygens (including phenoxy) is 2. The van der Waals surface area contributed by atoms with Crippen molar-refractivity contribution in [3.05, 3.63) is 52.5 Å². The molecule has 0 aromatic heterocycles. The molecule has 26 heavy (non-hydrogen) atoms. The number of halogens is 1. The number of nitrogens with zero attached hydrogens (tertiary/aromatic N) is 1. The van der Waals surface area contributed by atoms with E-state index in [4.69, 9.17) is 9.47 Å². The SMILES string of the molecule is CCN(CC)CCOc1ccc(NC(=O)c2cc(OC)ccc2Br)cc1. The Morgan fingerprint density at radius 3 is 2.35 bits per heavy atom. The molecule has 0 saturated carbocycles. The summed E-state index contributed by atoms with van der Waals surface area (Å²) in [6, 6.07) is 12.7. The Labute approximate surface area is 163 Å². The Morgan fingerprint density at radius 1 is 1.08 bits per heavy atom. The van der Waals surface area contributed by atoms with Crippen LogP contribution in [0.4, 0.5) is 5.69 Å². The third-order valence-corrected chi connectivity index (χ3v) is 4.79. The Kier molecular flexibility index (Phi) is 7.94. The lowest BCUT2D eigenvalue weighted by Crippen LogP contribution is -2.27. The van der Waals surface area contributed by atoms with Gasteiger partial charge < -0.3 is 19.7 Å². The van der Waals surface area contributed by atoms with E-state index in [9.17, 15) is 4.79 Å². The molecule has 0 heterocycles. The maximum absolute atomic E-state index is 12.5. The van der Waals surface area contributed by atoms with E-state index in [2.05, 4.69) is 40.0 Å². The molecule has 2 aromatic rings. The lowest BCUT2D eigenvalue weighted by Gasteiger charge is -2.18. The summed E-state index contributed by atoms with van der Waals surface area (Å²) in [7, 11) is 1.57. The maximum atomic E-state index is 12.5. The van der Waals surface area contributed by atoms with E-state index >= 15 is 0 Å². The predicted octanol–water partition coefficient (Wildman–Crippen LogP) is 4.43. The zero-order valence-electron chi connectivity index (χ0n) is 15.4. The molecule has 0 aliphatic rings. The van der Waals surface area contributed by atoms with E-state index in [0.717, 1.165) is 25.4 Å². The molecule has 0 unspecified atom stereocenters. The van der Waals surface area contributed by atoms with Crippen LogP contribution in [-0.2, 0) is 0 Å². The van der Waals surface area contributed by atoms with Crippen LogP contribution in [0.15, 0.2) is 46.9 Å². The van der Waals surface area contributed by atoms with Crippen molar-refractivity contribution in [3.63, 3.8) is 0 Å². The number of hydrogen-bond acceptors (Lipinski definition) is 4. The molecule has 2 aromatic carbocycles. The monoisotopic (exact) mass is 420 g/mol. The highest BCUT2D eigenvalue weighted by Gasteiger charge is 2.12. The molecule has 5 nitrogen and oxygen atoms in total. The van der Waals surface area contributed by atoms with Crippen LogP contribution in [0.25, 0.3) is 0 Å². The fourth-order valence-corrected chi connectivity index (χ4v) is 2.90. The smallest absolute Gasteiger partial charge is 0.256 e. The first kappa shape index (κ1) is 20.3. The number of methoxy groups -OCH3 is 1. The Bertz CT molecular complexity index is 715. The van der Waals surface area contributed by atoms with Gasteiger partial charge in [-0.2, -0.15) is 0 Å². The molecule has 2 rings (SSSR count). The van der Waals surface area contributed by atoms with E-state index in [-0.39, 0.29) is 5.91 Å². The van der Waals surface area contributed by atoms with Crippen LogP contribution in [-0.4, -0.2) is 44.2 Å². The van der Waals surface area contributed by atoms with Gasteiger partial charge in [0.25, 0.3) is 5.91 Å². The molecule has 6 heteroatoms. The van der Waals surface area contributed by atoms with Crippen molar-refractivity contribution in [1.82, 2.24) is 4.90 Å². The van der Waals surface area contributed by atoms with Gasteiger partial charge in [-0.25, -0.2) is 0 Å². The minimum absolute atomic E-state index is 0.203. The normalized spacial score (nSPS) is 10.7. The zero-order chi connectivity index (χ0) is 18.9. The van der Waals surface area contributed by atoms with Crippen molar-refractivity contribution in [2.75, 3.05) is 38.7 Å². The van der Waals surface area contributed by atoms with Gasteiger partial charge in [-0.3, -0.25) is 4.79 Å². The van der Waals surface area contributed by atoms with Gasteiger partial charge in [0.15, 0.2) is 0 Å². The van der Waals surface area contributed by atoms with E-state index < -0.39 is 0 Å². The molecule has 1 N–H and O–H groups in total. The molecule has 0 saturated heterocycles. The number of rotatable bonds is 9. The van der Waals surface area contributed by atoms with Crippen LogP contribution in [0.1, 0.15) is 24.2 Å². The molecule has 0 spiro atoms. The topological polar surface area (TPSA) is 50.8 Å². The first-order valence-electron chi connectivity index (χ1n) is 8.67. The summed E-state index contributed by atoms with van der Waals surface area (Å²) >= 11 is 3.40. The first-order chi connectivity index (χ1) is 12.6. The van der Waals surface area contributed by atoms with Crippen LogP contribution in [0, 0.1) is 0 Å². The average Bonchev–Trinajstić information content (AvgIpc) is 2.67. The van der Waals surface area contributed by atoms with Crippen molar-refractivity contribution in [1.29, 1.82) is 0 Å². The minimum atomic E-state index is -0.203. The summed E-state index contributed by atoms with van der Waals surface area (Å²) in [5.41, 5.74) is 1.23. The summed E-state index contributed by atoms with van der Waals surface area (Å²) in [5.74, 6) is 1.22. The van der Waals surface area contributed by atoms with E-state index in [1.54, 1.807) is 25.3 Å². The van der Waals surface area contributed by atoms with Gasteiger partial charge in [0.1, 0.15) is 18.1 Å². The van der Waals surface area contributed by atoms with Crippen LogP contribution in [0.2, 0.25) is 0 Å². The zero-order valence-corrected chi connectivity index (χ0v) is 17.0.